The van der Waals surface area contributed by atoms with Crippen LogP contribution in [0.5, 0.6) is 5.88 Å². The van der Waals surface area contributed by atoms with E-state index in [-0.39, 0.29) is 61.8 Å². The lowest BCUT2D eigenvalue weighted by Gasteiger charge is -2.42. The van der Waals surface area contributed by atoms with Gasteiger partial charge < -0.3 is 19.9 Å². The number of piperidine rings is 2. The van der Waals surface area contributed by atoms with Crippen molar-refractivity contribution in [2.45, 2.75) is 70.3 Å². The van der Waals surface area contributed by atoms with Crippen molar-refractivity contribution in [2.24, 2.45) is 18.0 Å². The minimum absolute atomic E-state index is 0.0161. The molecule has 14 nitrogen and oxygen atoms in total. The third kappa shape index (κ3) is 8.52. The lowest BCUT2D eigenvalue weighted by atomic mass is 9.89. The number of rotatable bonds is 6. The first-order valence-corrected chi connectivity index (χ1v) is 20.7. The van der Waals surface area contributed by atoms with E-state index in [4.69, 9.17) is 4.74 Å². The Kier molecular flexibility index (Phi) is 11.6. The van der Waals surface area contributed by atoms with E-state index < -0.39 is 65.3 Å². The fraction of sp³-hybridized carbons (Fsp3) is 0.432. The van der Waals surface area contributed by atoms with Gasteiger partial charge in [0.2, 0.25) is 23.7 Å². The molecule has 0 radical (unpaired) electrons. The molecule has 2 bridgehead atoms. The first-order valence-electron chi connectivity index (χ1n) is 20.7. The summed E-state index contributed by atoms with van der Waals surface area (Å²) in [6.07, 6.45) is 3.08. The molecule has 62 heavy (non-hydrogen) atoms. The van der Waals surface area contributed by atoms with Gasteiger partial charge in [-0.1, -0.05) is 6.92 Å². The number of carbonyl (C=O) groups is 4. The number of nitrogens with zero attached hydrogens (tertiary/aromatic N) is 7. The van der Waals surface area contributed by atoms with Crippen molar-refractivity contribution in [3.63, 3.8) is 0 Å². The van der Waals surface area contributed by atoms with Gasteiger partial charge in [-0.3, -0.25) is 34.4 Å². The Morgan fingerprint density at radius 2 is 1.81 bits per heavy atom. The van der Waals surface area contributed by atoms with E-state index in [1.165, 1.54) is 11.9 Å². The highest BCUT2D eigenvalue weighted by Gasteiger charge is 2.48. The third-order valence-electron chi connectivity index (χ3n) is 12.1. The van der Waals surface area contributed by atoms with E-state index >= 15 is 17.6 Å². The summed E-state index contributed by atoms with van der Waals surface area (Å²) < 4.78 is 69.9. The Bertz CT molecular complexity index is 2470. The second-order valence-corrected chi connectivity index (χ2v) is 16.7. The van der Waals surface area contributed by atoms with Gasteiger partial charge in [-0.2, -0.15) is 10.1 Å². The zero-order valence-corrected chi connectivity index (χ0v) is 34.8. The molecule has 0 unspecified atom stereocenters. The molecule has 3 atom stereocenters. The van der Waals surface area contributed by atoms with Crippen LogP contribution in [-0.2, 0) is 23.1 Å². The van der Waals surface area contributed by atoms with Gasteiger partial charge >= 0.3 is 0 Å². The van der Waals surface area contributed by atoms with Gasteiger partial charge in [-0.25, -0.2) is 22.2 Å². The highest BCUT2D eigenvalue weighted by Crippen LogP contribution is 2.38. The molecule has 2 aromatic heterocycles. The maximum atomic E-state index is 15.9. The molecular formula is C44H47F4N9O5. The minimum atomic E-state index is -3.32. The lowest BCUT2D eigenvalue weighted by molar-refractivity contribution is -0.134. The van der Waals surface area contributed by atoms with Gasteiger partial charge in [0.25, 0.3) is 17.7 Å². The molecule has 8 rings (SSSR count). The van der Waals surface area contributed by atoms with Gasteiger partial charge in [0.1, 0.15) is 11.6 Å². The number of pyridine rings is 1. The smallest absolute Gasteiger partial charge is 0.280 e. The van der Waals surface area contributed by atoms with Crippen LogP contribution < -0.4 is 20.3 Å². The number of likely N-dealkylation sites (tertiary alicyclic amines) is 1. The largest absolute Gasteiger partial charge is 0.477 e. The molecular weight excluding hydrogens is 811 g/mol. The second kappa shape index (κ2) is 16.9. The summed E-state index contributed by atoms with van der Waals surface area (Å²) in [5, 5.41) is 9.69. The van der Waals surface area contributed by atoms with Crippen molar-refractivity contribution in [2.75, 3.05) is 50.1 Å². The number of anilines is 2. The van der Waals surface area contributed by atoms with Crippen LogP contribution in [0.2, 0.25) is 0 Å². The number of fused-ring (bicyclic) bond motifs is 7. The number of halogens is 4. The number of benzene rings is 2. The number of amides is 4. The molecule has 4 aliphatic heterocycles. The fourth-order valence-electron chi connectivity index (χ4n) is 8.82. The van der Waals surface area contributed by atoms with Crippen LogP contribution in [-0.4, -0.2) is 106 Å². The summed E-state index contributed by atoms with van der Waals surface area (Å²) in [4.78, 5) is 65.1. The molecule has 0 spiro atoms. The van der Waals surface area contributed by atoms with Gasteiger partial charge in [0, 0.05) is 62.5 Å². The summed E-state index contributed by atoms with van der Waals surface area (Å²) in [6.45, 7) is 4.31. The predicted octanol–water partition coefficient (Wildman–Crippen LogP) is 5.85. The number of guanidine groups is 1. The fourth-order valence-corrected chi connectivity index (χ4v) is 8.82. The zero-order valence-electron chi connectivity index (χ0n) is 34.8. The Hall–Kier alpha value is -6.17. The second-order valence-electron chi connectivity index (χ2n) is 16.7. The molecule has 326 valence electrons. The number of carbonyl (C=O) groups excluding carboxylic acids is 4. The summed E-state index contributed by atoms with van der Waals surface area (Å²) in [6, 6.07) is 8.95. The van der Waals surface area contributed by atoms with Gasteiger partial charge in [0.05, 0.1) is 53.9 Å². The average molecular weight is 858 g/mol. The summed E-state index contributed by atoms with van der Waals surface area (Å²) in [5.74, 6) is -7.81. The molecule has 2 N–H and O–H groups in total. The van der Waals surface area contributed by atoms with Crippen LogP contribution in [0.15, 0.2) is 53.7 Å². The number of nitrogens with one attached hydrogen (secondary N) is 2. The quantitative estimate of drug-likeness (QED) is 0.178. The topological polar surface area (TPSA) is 154 Å². The standard InChI is InChI=1S/C44H47F4N9O5/c1-24-6-5-15-62-42-30(21-49-55(42)4)34-19-28(16-25(2)50-34)39(59)53-43-51-33-9-7-27(20-35(33)57(43)22-24)41(61)54(3)36-12-14-56(23-44(36,47)48)13-11-26-17-31(45)38(32(46)18-26)29-8-10-37(58)52-40(29)60/h7,9,16-21,24,29,36H,5-6,8,10-15,22-23H2,1-4H3,(H,51,53,59)(H,52,58,60)/t24-,29-,36-/m1/s1. The van der Waals surface area contributed by atoms with Crippen molar-refractivity contribution in [1.82, 2.24) is 29.9 Å². The number of hydrogen-bond donors (Lipinski definition) is 2. The van der Waals surface area contributed by atoms with Crippen LogP contribution in [0.4, 0.5) is 28.9 Å². The van der Waals surface area contributed by atoms with Crippen LogP contribution in [0.3, 0.4) is 0 Å². The molecule has 2 aromatic carbocycles. The Labute approximate surface area is 355 Å². The van der Waals surface area contributed by atoms with E-state index in [1.807, 2.05) is 4.90 Å². The van der Waals surface area contributed by atoms with E-state index in [9.17, 15) is 19.2 Å². The number of ether oxygens (including phenoxy) is 1. The van der Waals surface area contributed by atoms with Crippen LogP contribution >= 0.6 is 0 Å². The van der Waals surface area contributed by atoms with E-state index in [2.05, 4.69) is 32.6 Å². The van der Waals surface area contributed by atoms with Crippen molar-refractivity contribution in [3.8, 4) is 17.1 Å². The molecule has 0 saturated carbocycles. The number of aliphatic imine (C=N–C) groups is 1. The Morgan fingerprint density at radius 1 is 1.03 bits per heavy atom. The molecule has 0 aliphatic carbocycles. The predicted molar refractivity (Wildman–Crippen MR) is 221 cm³/mol. The molecule has 4 aromatic rings. The number of imide groups is 1. The van der Waals surface area contributed by atoms with Crippen molar-refractivity contribution < 1.29 is 41.5 Å². The molecule has 4 amide bonds. The highest BCUT2D eigenvalue weighted by atomic mass is 19.3. The summed E-state index contributed by atoms with van der Waals surface area (Å²) in [5.41, 5.74) is 3.27. The summed E-state index contributed by atoms with van der Waals surface area (Å²) >= 11 is 0. The van der Waals surface area contributed by atoms with Gasteiger partial charge in [-0.05, 0) is 93.0 Å². The first-order chi connectivity index (χ1) is 29.6. The summed E-state index contributed by atoms with van der Waals surface area (Å²) in [7, 11) is 3.14. The lowest BCUT2D eigenvalue weighted by Crippen LogP contribution is -2.58. The zero-order chi connectivity index (χ0) is 44.0. The van der Waals surface area contributed by atoms with Crippen LogP contribution in [0.25, 0.3) is 11.3 Å². The molecule has 2 fully saturated rings. The molecule has 18 heteroatoms. The average Bonchev–Trinajstić information content (AvgIpc) is 3.75. The third-order valence-corrected chi connectivity index (χ3v) is 12.1. The van der Waals surface area contributed by atoms with Crippen LogP contribution in [0.1, 0.15) is 82.5 Å². The van der Waals surface area contributed by atoms with E-state index in [0.717, 1.165) is 23.5 Å². The van der Waals surface area contributed by atoms with Crippen molar-refractivity contribution >= 4 is 41.0 Å². The Morgan fingerprint density at radius 3 is 2.55 bits per heavy atom. The number of alkyl halides is 2. The molecule has 6 heterocycles. The minimum Gasteiger partial charge on any atom is -0.477 e. The highest BCUT2D eigenvalue weighted by molar-refractivity contribution is 6.19. The van der Waals surface area contributed by atoms with E-state index in [1.54, 1.807) is 55.2 Å². The Balaban J connectivity index is 0.960. The van der Waals surface area contributed by atoms with Crippen molar-refractivity contribution in [3.05, 3.63) is 88.2 Å². The number of hydrogen-bond acceptors (Lipinski definition) is 10. The normalized spacial score (nSPS) is 22.5. The van der Waals surface area contributed by atoms with Gasteiger partial charge in [0.15, 0.2) is 0 Å². The maximum absolute atomic E-state index is 15.9. The first kappa shape index (κ1) is 42.5. The SMILES string of the molecule is Cc1cc2cc(n1)-c1cnn(C)c1OCCC[C@@H](C)CN1/C(=N/C2=O)Nc2ccc(C(=O)N(C)[C@@H]3CCN(CCc4cc(F)c([C@H]5CCC(=O)NC5=O)c(F)c4)CC3(F)F)cc21. The van der Waals surface area contributed by atoms with Crippen molar-refractivity contribution in [1.29, 1.82) is 0 Å². The molecule has 2 saturated heterocycles. The molecule has 4 aliphatic rings. The van der Waals surface area contributed by atoms with Crippen LogP contribution in [0, 0.1) is 24.5 Å². The maximum Gasteiger partial charge on any atom is 0.280 e. The monoisotopic (exact) mass is 857 g/mol. The van der Waals surface area contributed by atoms with E-state index in [0.29, 0.717) is 59.3 Å². The number of aryl methyl sites for hydroxylation is 2. The van der Waals surface area contributed by atoms with Gasteiger partial charge in [-0.15, -0.1) is 0 Å². The number of aromatic nitrogens is 3.